The van der Waals surface area contributed by atoms with Crippen molar-refractivity contribution < 1.29 is 19.0 Å². The van der Waals surface area contributed by atoms with Gasteiger partial charge < -0.3 is 14.2 Å². The summed E-state index contributed by atoms with van der Waals surface area (Å²) < 4.78 is 16.1. The Hall–Kier alpha value is -2.49. The summed E-state index contributed by atoms with van der Waals surface area (Å²) in [6.07, 6.45) is 0.895. The number of esters is 1. The molecule has 0 atom stereocenters. The largest absolute Gasteiger partial charge is 0.493 e. The monoisotopic (exact) mass is 300 g/mol. The topological polar surface area (TPSA) is 44.8 Å². The fourth-order valence-electron chi connectivity index (χ4n) is 1.99. The van der Waals surface area contributed by atoms with Crippen molar-refractivity contribution in [2.75, 3.05) is 13.7 Å². The Kier molecular flexibility index (Phi) is 5.83. The molecule has 22 heavy (non-hydrogen) atoms. The average molecular weight is 300 g/mol. The van der Waals surface area contributed by atoms with E-state index in [1.54, 1.807) is 25.3 Å². The van der Waals surface area contributed by atoms with Gasteiger partial charge in [-0.3, -0.25) is 4.79 Å². The van der Waals surface area contributed by atoms with Crippen LogP contribution in [0, 0.1) is 6.92 Å². The van der Waals surface area contributed by atoms with Crippen molar-refractivity contribution >= 4 is 5.97 Å². The minimum absolute atomic E-state index is 0.294. The van der Waals surface area contributed by atoms with Crippen LogP contribution in [0.4, 0.5) is 0 Å². The molecule has 116 valence electrons. The molecule has 0 spiro atoms. The predicted molar refractivity (Wildman–Crippen MR) is 84.5 cm³/mol. The Balaban J connectivity index is 1.75. The van der Waals surface area contributed by atoms with Crippen LogP contribution in [-0.4, -0.2) is 19.7 Å². The predicted octanol–water partition coefficient (Wildman–Crippen LogP) is 3.77. The molecule has 0 heterocycles. The fraction of sp³-hybridized carbons (Fsp3) is 0.278. The average Bonchev–Trinajstić information content (AvgIpc) is 2.53. The molecule has 0 N–H and O–H groups in total. The van der Waals surface area contributed by atoms with Gasteiger partial charge in [-0.1, -0.05) is 30.3 Å². The van der Waals surface area contributed by atoms with Gasteiger partial charge in [0, 0.05) is 6.42 Å². The summed E-state index contributed by atoms with van der Waals surface area (Å²) in [5.74, 6) is 1.54. The Bertz CT molecular complexity index is 622. The number of hydrogen-bond acceptors (Lipinski definition) is 4. The van der Waals surface area contributed by atoms with Crippen LogP contribution in [-0.2, 0) is 4.79 Å². The second-order valence-corrected chi connectivity index (χ2v) is 4.84. The van der Waals surface area contributed by atoms with E-state index in [0.717, 1.165) is 11.3 Å². The Labute approximate surface area is 130 Å². The molecule has 2 aromatic rings. The molecule has 0 radical (unpaired) electrons. The third-order valence-corrected chi connectivity index (χ3v) is 3.17. The Morgan fingerprint density at radius 1 is 0.955 bits per heavy atom. The number of methoxy groups -OCH3 is 1. The van der Waals surface area contributed by atoms with Crippen LogP contribution < -0.4 is 14.2 Å². The van der Waals surface area contributed by atoms with Gasteiger partial charge in [-0.05, 0) is 37.1 Å². The van der Waals surface area contributed by atoms with E-state index in [0.29, 0.717) is 30.9 Å². The molecule has 0 saturated heterocycles. The molecule has 0 amide bonds. The van der Waals surface area contributed by atoms with Gasteiger partial charge in [0.2, 0.25) is 0 Å². The van der Waals surface area contributed by atoms with Crippen molar-refractivity contribution in [1.82, 2.24) is 0 Å². The van der Waals surface area contributed by atoms with Gasteiger partial charge in [-0.2, -0.15) is 0 Å². The maximum absolute atomic E-state index is 11.8. The van der Waals surface area contributed by atoms with Crippen LogP contribution in [0.2, 0.25) is 0 Å². The van der Waals surface area contributed by atoms with Crippen LogP contribution in [0.15, 0.2) is 48.5 Å². The highest BCUT2D eigenvalue weighted by atomic mass is 16.6. The van der Waals surface area contributed by atoms with Gasteiger partial charge in [0.25, 0.3) is 0 Å². The molecule has 2 rings (SSSR count). The third kappa shape index (κ3) is 4.52. The van der Waals surface area contributed by atoms with Crippen LogP contribution in [0.5, 0.6) is 17.2 Å². The van der Waals surface area contributed by atoms with Crippen molar-refractivity contribution in [3.8, 4) is 17.2 Å². The summed E-state index contributed by atoms with van der Waals surface area (Å²) >= 11 is 0. The zero-order valence-corrected chi connectivity index (χ0v) is 12.9. The molecule has 0 aliphatic heterocycles. The first-order chi connectivity index (χ1) is 10.7. The van der Waals surface area contributed by atoms with E-state index in [9.17, 15) is 4.79 Å². The van der Waals surface area contributed by atoms with Crippen molar-refractivity contribution in [3.63, 3.8) is 0 Å². The lowest BCUT2D eigenvalue weighted by Crippen LogP contribution is -2.10. The molecular formula is C18H20O4. The van der Waals surface area contributed by atoms with E-state index in [1.807, 2.05) is 37.3 Å². The number of aryl methyl sites for hydroxylation is 1. The van der Waals surface area contributed by atoms with Gasteiger partial charge in [-0.15, -0.1) is 0 Å². The number of hydrogen-bond donors (Lipinski definition) is 0. The van der Waals surface area contributed by atoms with E-state index in [2.05, 4.69) is 0 Å². The van der Waals surface area contributed by atoms with Crippen LogP contribution in [0.1, 0.15) is 18.4 Å². The van der Waals surface area contributed by atoms with Crippen LogP contribution in [0.25, 0.3) is 0 Å². The van der Waals surface area contributed by atoms with Gasteiger partial charge >= 0.3 is 5.97 Å². The first-order valence-electron chi connectivity index (χ1n) is 7.23. The number of para-hydroxylation sites is 3. The van der Waals surface area contributed by atoms with Crippen molar-refractivity contribution in [3.05, 3.63) is 54.1 Å². The summed E-state index contributed by atoms with van der Waals surface area (Å²) in [7, 11) is 1.54. The van der Waals surface area contributed by atoms with Gasteiger partial charge in [-0.25, -0.2) is 0 Å². The number of rotatable bonds is 7. The Morgan fingerprint density at radius 3 is 2.27 bits per heavy atom. The minimum atomic E-state index is -0.294. The molecule has 0 unspecified atom stereocenters. The second kappa shape index (κ2) is 8.08. The lowest BCUT2D eigenvalue weighted by Gasteiger charge is -2.10. The molecule has 0 aromatic heterocycles. The summed E-state index contributed by atoms with van der Waals surface area (Å²) in [4.78, 5) is 11.8. The highest BCUT2D eigenvalue weighted by Gasteiger charge is 2.09. The third-order valence-electron chi connectivity index (χ3n) is 3.17. The summed E-state index contributed by atoms with van der Waals surface area (Å²) in [6, 6.07) is 14.9. The van der Waals surface area contributed by atoms with Crippen molar-refractivity contribution in [2.45, 2.75) is 19.8 Å². The molecule has 4 nitrogen and oxygen atoms in total. The van der Waals surface area contributed by atoms with Gasteiger partial charge in [0.1, 0.15) is 5.75 Å². The molecule has 0 aliphatic rings. The van der Waals surface area contributed by atoms with E-state index >= 15 is 0 Å². The van der Waals surface area contributed by atoms with Crippen molar-refractivity contribution in [1.29, 1.82) is 0 Å². The van der Waals surface area contributed by atoms with Gasteiger partial charge in [0.05, 0.1) is 13.7 Å². The number of ether oxygens (including phenoxy) is 3. The molecule has 0 bridgehead atoms. The highest BCUT2D eigenvalue weighted by molar-refractivity contribution is 5.73. The quantitative estimate of drug-likeness (QED) is 0.443. The molecule has 2 aromatic carbocycles. The SMILES string of the molecule is COc1ccccc1OC(=O)CCCOc1ccccc1C. The number of carbonyl (C=O) groups is 1. The lowest BCUT2D eigenvalue weighted by atomic mass is 10.2. The van der Waals surface area contributed by atoms with Crippen LogP contribution in [0.3, 0.4) is 0 Å². The molecule has 4 heteroatoms. The highest BCUT2D eigenvalue weighted by Crippen LogP contribution is 2.26. The van der Waals surface area contributed by atoms with Gasteiger partial charge in [0.15, 0.2) is 11.5 Å². The first-order valence-corrected chi connectivity index (χ1v) is 7.23. The Morgan fingerprint density at radius 2 is 1.59 bits per heavy atom. The lowest BCUT2D eigenvalue weighted by molar-refractivity contribution is -0.134. The summed E-state index contributed by atoms with van der Waals surface area (Å²) in [6.45, 7) is 2.47. The van der Waals surface area contributed by atoms with Crippen molar-refractivity contribution in [2.24, 2.45) is 0 Å². The van der Waals surface area contributed by atoms with E-state index < -0.39 is 0 Å². The molecular weight excluding hydrogens is 280 g/mol. The zero-order chi connectivity index (χ0) is 15.8. The smallest absolute Gasteiger partial charge is 0.311 e. The van der Waals surface area contributed by atoms with E-state index in [4.69, 9.17) is 14.2 Å². The number of carbonyl (C=O) groups excluding carboxylic acids is 1. The molecule has 0 fully saturated rings. The maximum Gasteiger partial charge on any atom is 0.311 e. The zero-order valence-electron chi connectivity index (χ0n) is 12.9. The van der Waals surface area contributed by atoms with E-state index in [-0.39, 0.29) is 5.97 Å². The minimum Gasteiger partial charge on any atom is -0.493 e. The number of benzene rings is 2. The van der Waals surface area contributed by atoms with E-state index in [1.165, 1.54) is 0 Å². The second-order valence-electron chi connectivity index (χ2n) is 4.84. The fourth-order valence-corrected chi connectivity index (χ4v) is 1.99. The maximum atomic E-state index is 11.8. The molecule has 0 aliphatic carbocycles. The summed E-state index contributed by atoms with van der Waals surface area (Å²) in [5, 5.41) is 0. The summed E-state index contributed by atoms with van der Waals surface area (Å²) in [5.41, 5.74) is 1.08. The standard InChI is InChI=1S/C18H20O4/c1-14-8-3-4-9-15(14)21-13-7-12-18(19)22-17-11-6-5-10-16(17)20-2/h3-6,8-11H,7,12-13H2,1-2H3. The normalized spacial score (nSPS) is 10.1. The first kappa shape index (κ1) is 15.9. The molecule has 0 saturated carbocycles. The van der Waals surface area contributed by atoms with Crippen LogP contribution >= 0.6 is 0 Å².